The number of aliphatic hydroxyl groups is 1. The third kappa shape index (κ3) is 2.57. The summed E-state index contributed by atoms with van der Waals surface area (Å²) in [6.07, 6.45) is 10.8. The second-order valence-electron chi connectivity index (χ2n) is 11.4. The van der Waals surface area contributed by atoms with E-state index in [1.807, 2.05) is 6.92 Å². The van der Waals surface area contributed by atoms with E-state index >= 15 is 0 Å². The normalized spacial score (nSPS) is 56.4. The van der Waals surface area contributed by atoms with Crippen LogP contribution in [0.4, 0.5) is 0 Å². The van der Waals surface area contributed by atoms with Crippen molar-refractivity contribution < 1.29 is 9.90 Å². The van der Waals surface area contributed by atoms with Crippen LogP contribution >= 0.6 is 0 Å². The van der Waals surface area contributed by atoms with Crippen molar-refractivity contribution in [3.63, 3.8) is 0 Å². The van der Waals surface area contributed by atoms with Gasteiger partial charge in [0.1, 0.15) is 5.78 Å². The maximum absolute atomic E-state index is 12.6. The number of Topliss-reactive ketones (excluding diaryl/α,β-unsaturated/α-hetero) is 1. The lowest BCUT2D eigenvalue weighted by molar-refractivity contribution is -0.150. The second-order valence-corrected chi connectivity index (χ2v) is 11.4. The van der Waals surface area contributed by atoms with Gasteiger partial charge in [-0.3, -0.25) is 4.79 Å². The molecule has 9 atom stereocenters. The van der Waals surface area contributed by atoms with Gasteiger partial charge in [-0.05, 0) is 106 Å². The van der Waals surface area contributed by atoms with Crippen molar-refractivity contribution in [2.75, 3.05) is 0 Å². The summed E-state index contributed by atoms with van der Waals surface area (Å²) in [6.45, 7) is 11.2. The highest BCUT2D eigenvalue weighted by atomic mass is 16.3. The average molecular weight is 361 g/mol. The zero-order valence-corrected chi connectivity index (χ0v) is 17.7. The highest BCUT2D eigenvalue weighted by Gasteiger charge is 2.63. The van der Waals surface area contributed by atoms with E-state index in [0.29, 0.717) is 29.0 Å². The summed E-state index contributed by atoms with van der Waals surface area (Å²) in [4.78, 5) is 12.6. The van der Waals surface area contributed by atoms with Crippen LogP contribution in [0, 0.1) is 46.3 Å². The van der Waals surface area contributed by atoms with Gasteiger partial charge in [0.2, 0.25) is 0 Å². The minimum Gasteiger partial charge on any atom is -0.390 e. The van der Waals surface area contributed by atoms with Crippen molar-refractivity contribution in [3.8, 4) is 0 Å². The van der Waals surface area contributed by atoms with Crippen LogP contribution in [0.25, 0.3) is 0 Å². The van der Waals surface area contributed by atoms with Crippen LogP contribution < -0.4 is 0 Å². The van der Waals surface area contributed by atoms with Gasteiger partial charge in [-0.15, -0.1) is 0 Å². The highest BCUT2D eigenvalue weighted by Crippen LogP contribution is 2.69. The van der Waals surface area contributed by atoms with E-state index in [1.54, 1.807) is 0 Å². The van der Waals surface area contributed by atoms with E-state index in [1.165, 1.54) is 38.5 Å². The number of rotatable bonds is 2. The maximum atomic E-state index is 12.6. The third-order valence-electron chi connectivity index (χ3n) is 10.1. The zero-order chi connectivity index (χ0) is 18.9. The summed E-state index contributed by atoms with van der Waals surface area (Å²) in [7, 11) is 0. The lowest BCUT2D eigenvalue weighted by atomic mass is 9.44. The van der Waals surface area contributed by atoms with Gasteiger partial charge in [-0.25, -0.2) is 0 Å². The Balaban J connectivity index is 1.63. The summed E-state index contributed by atoms with van der Waals surface area (Å²) in [5.41, 5.74) is 0.222. The van der Waals surface area contributed by atoms with Gasteiger partial charge in [0.25, 0.3) is 0 Å². The van der Waals surface area contributed by atoms with Crippen LogP contribution in [0.5, 0.6) is 0 Å². The van der Waals surface area contributed by atoms with Crippen molar-refractivity contribution in [3.05, 3.63) is 0 Å². The number of hydrogen-bond donors (Lipinski definition) is 1. The maximum Gasteiger partial charge on any atom is 0.133 e. The molecule has 0 aliphatic heterocycles. The van der Waals surface area contributed by atoms with Crippen molar-refractivity contribution in [1.82, 2.24) is 0 Å². The fourth-order valence-corrected chi connectivity index (χ4v) is 8.81. The first kappa shape index (κ1) is 19.0. The number of carbonyl (C=O) groups is 1. The summed E-state index contributed by atoms with van der Waals surface area (Å²) in [6, 6.07) is 0. The molecular weight excluding hydrogens is 320 g/mol. The van der Waals surface area contributed by atoms with Crippen molar-refractivity contribution in [2.24, 2.45) is 46.3 Å². The Hall–Kier alpha value is -0.370. The van der Waals surface area contributed by atoms with Crippen molar-refractivity contribution in [1.29, 1.82) is 0 Å². The molecule has 0 saturated heterocycles. The van der Waals surface area contributed by atoms with E-state index in [-0.39, 0.29) is 5.41 Å². The first-order valence-corrected chi connectivity index (χ1v) is 11.4. The Morgan fingerprint density at radius 3 is 2.38 bits per heavy atom. The molecule has 0 aromatic rings. The first-order chi connectivity index (χ1) is 12.1. The molecule has 4 aliphatic rings. The Bertz CT molecular complexity index is 581. The van der Waals surface area contributed by atoms with E-state index in [9.17, 15) is 9.90 Å². The Morgan fingerprint density at radius 2 is 1.73 bits per heavy atom. The van der Waals surface area contributed by atoms with Crippen LogP contribution in [-0.4, -0.2) is 16.5 Å². The zero-order valence-electron chi connectivity index (χ0n) is 17.7. The van der Waals surface area contributed by atoms with Crippen LogP contribution in [0.3, 0.4) is 0 Å². The molecule has 4 rings (SSSR count). The molecule has 0 bridgehead atoms. The fourth-order valence-electron chi connectivity index (χ4n) is 8.81. The van der Waals surface area contributed by atoms with Gasteiger partial charge >= 0.3 is 0 Å². The molecule has 2 nitrogen and oxygen atoms in total. The lowest BCUT2D eigenvalue weighted by Crippen LogP contribution is -2.55. The number of ketones is 1. The molecule has 4 fully saturated rings. The molecule has 0 radical (unpaired) electrons. The van der Waals surface area contributed by atoms with Gasteiger partial charge in [-0.2, -0.15) is 0 Å². The number of hydrogen-bond acceptors (Lipinski definition) is 2. The fraction of sp³-hybridized carbons (Fsp3) is 0.958. The SMILES string of the molecule is CC[C@@H]1C[C@H]2[C@@H]3CC[C@H]4C[C@](C)(O)CC[C@]4(C)[C@H]3CC[C@]2(C)C1C(C)=O. The summed E-state index contributed by atoms with van der Waals surface area (Å²) >= 11 is 0. The van der Waals surface area contributed by atoms with Crippen LogP contribution in [0.15, 0.2) is 0 Å². The van der Waals surface area contributed by atoms with Crippen molar-refractivity contribution >= 4 is 5.78 Å². The molecule has 4 saturated carbocycles. The average Bonchev–Trinajstić information content (AvgIpc) is 2.88. The molecule has 0 amide bonds. The molecule has 1 N–H and O–H groups in total. The van der Waals surface area contributed by atoms with Crippen LogP contribution in [-0.2, 0) is 4.79 Å². The smallest absolute Gasteiger partial charge is 0.133 e. The molecule has 1 unspecified atom stereocenters. The molecule has 0 aromatic carbocycles. The summed E-state index contributed by atoms with van der Waals surface area (Å²) < 4.78 is 0. The van der Waals surface area contributed by atoms with E-state index < -0.39 is 5.60 Å². The van der Waals surface area contributed by atoms with Gasteiger partial charge in [0, 0.05) is 5.92 Å². The largest absolute Gasteiger partial charge is 0.390 e. The van der Waals surface area contributed by atoms with Gasteiger partial charge < -0.3 is 5.11 Å². The van der Waals surface area contributed by atoms with Gasteiger partial charge in [0.15, 0.2) is 0 Å². The molecular formula is C24H40O2. The molecule has 2 heteroatoms. The predicted octanol–water partition coefficient (Wildman–Crippen LogP) is 5.62. The molecule has 26 heavy (non-hydrogen) atoms. The minimum absolute atomic E-state index is 0.247. The second kappa shape index (κ2) is 6.06. The standard InChI is InChI=1S/C24H40O2/c1-6-16-13-20-18-8-7-17-14-22(3,26)11-12-23(17,4)19(18)9-10-24(20,5)21(16)15(2)25/h16-21,26H,6-14H2,1-5H3/t16-,17+,18-,19+,20+,21?,22-,23+,24+/m1/s1. The number of carbonyl (C=O) groups excluding carboxylic acids is 1. The van der Waals surface area contributed by atoms with E-state index in [2.05, 4.69) is 27.7 Å². The predicted molar refractivity (Wildman–Crippen MR) is 106 cm³/mol. The summed E-state index contributed by atoms with van der Waals surface area (Å²) in [5.74, 6) is 4.45. The minimum atomic E-state index is -0.444. The first-order valence-electron chi connectivity index (χ1n) is 11.4. The lowest BCUT2D eigenvalue weighted by Gasteiger charge is -2.61. The summed E-state index contributed by atoms with van der Waals surface area (Å²) in [5, 5.41) is 10.6. The molecule has 0 spiro atoms. The molecule has 148 valence electrons. The molecule has 4 aliphatic carbocycles. The van der Waals surface area contributed by atoms with Gasteiger partial charge in [0.05, 0.1) is 5.60 Å². The Morgan fingerprint density at radius 1 is 1.00 bits per heavy atom. The van der Waals surface area contributed by atoms with Gasteiger partial charge in [-0.1, -0.05) is 27.2 Å². The third-order valence-corrected chi connectivity index (χ3v) is 10.1. The highest BCUT2D eigenvalue weighted by molar-refractivity contribution is 5.80. The monoisotopic (exact) mass is 360 g/mol. The van der Waals surface area contributed by atoms with E-state index in [0.717, 1.165) is 37.0 Å². The molecule has 0 heterocycles. The number of fused-ring (bicyclic) bond motifs is 5. The van der Waals surface area contributed by atoms with E-state index in [4.69, 9.17) is 0 Å². The quantitative estimate of drug-likeness (QED) is 0.694. The Kier molecular flexibility index (Phi) is 4.42. The van der Waals surface area contributed by atoms with Crippen LogP contribution in [0.1, 0.15) is 92.4 Å². The van der Waals surface area contributed by atoms with Crippen molar-refractivity contribution in [2.45, 2.75) is 98.0 Å². The van der Waals surface area contributed by atoms with Crippen LogP contribution in [0.2, 0.25) is 0 Å². The Labute approximate surface area is 160 Å². The topological polar surface area (TPSA) is 37.3 Å². The molecule has 0 aromatic heterocycles.